The minimum Gasteiger partial charge on any atom is -0.424 e. The van der Waals surface area contributed by atoms with Crippen LogP contribution >= 0.6 is 31.9 Å². The third kappa shape index (κ3) is 2.28. The summed E-state index contributed by atoms with van der Waals surface area (Å²) in [6, 6.07) is 14.0. The first-order chi connectivity index (χ1) is 8.72. The summed E-state index contributed by atoms with van der Waals surface area (Å²) in [5, 5.41) is 0. The number of hydrogen-bond acceptors (Lipinski definition) is 2. The van der Waals surface area contributed by atoms with E-state index in [4.69, 9.17) is 4.74 Å². The van der Waals surface area contributed by atoms with E-state index in [9.17, 15) is 0 Å². The van der Waals surface area contributed by atoms with E-state index in [1.54, 1.807) is 0 Å². The standard InChI is InChI=1S/C13H8Br2N2O/c14-8-5-6-12(9(15)7-8)18-13-16-10-3-1-2-4-11(10)17-13/h1-7H,(H,16,17). The second-order valence-electron chi connectivity index (χ2n) is 3.74. The zero-order valence-corrected chi connectivity index (χ0v) is 12.3. The zero-order valence-electron chi connectivity index (χ0n) is 9.15. The van der Waals surface area contributed by atoms with Crippen LogP contribution in [0, 0.1) is 0 Å². The van der Waals surface area contributed by atoms with Crippen LogP contribution in [0.2, 0.25) is 0 Å². The quantitative estimate of drug-likeness (QED) is 0.700. The number of rotatable bonds is 2. The Balaban J connectivity index is 1.96. The molecule has 3 aromatic rings. The molecule has 0 spiro atoms. The van der Waals surface area contributed by atoms with Gasteiger partial charge in [0.1, 0.15) is 5.75 Å². The summed E-state index contributed by atoms with van der Waals surface area (Å²) in [5.41, 5.74) is 1.85. The van der Waals surface area contributed by atoms with Crippen LogP contribution in [0.3, 0.4) is 0 Å². The number of hydrogen-bond donors (Lipinski definition) is 1. The van der Waals surface area contributed by atoms with Crippen LogP contribution in [0.1, 0.15) is 0 Å². The highest BCUT2D eigenvalue weighted by atomic mass is 79.9. The van der Waals surface area contributed by atoms with E-state index < -0.39 is 0 Å². The Labute approximate surface area is 120 Å². The molecule has 1 N–H and O–H groups in total. The molecule has 1 aromatic heterocycles. The maximum absolute atomic E-state index is 5.71. The first kappa shape index (κ1) is 11.7. The van der Waals surface area contributed by atoms with E-state index in [0.29, 0.717) is 6.01 Å². The molecule has 0 aliphatic rings. The average molecular weight is 368 g/mol. The predicted octanol–water partition coefficient (Wildman–Crippen LogP) is 4.88. The molecular weight excluding hydrogens is 360 g/mol. The number of nitrogens with one attached hydrogen (secondary N) is 1. The Kier molecular flexibility index (Phi) is 3.09. The van der Waals surface area contributed by atoms with Gasteiger partial charge in [-0.2, -0.15) is 4.98 Å². The van der Waals surface area contributed by atoms with Gasteiger partial charge < -0.3 is 9.72 Å². The lowest BCUT2D eigenvalue weighted by atomic mass is 10.3. The van der Waals surface area contributed by atoms with Crippen molar-refractivity contribution in [1.29, 1.82) is 0 Å². The summed E-state index contributed by atoms with van der Waals surface area (Å²) in [6.45, 7) is 0. The number of H-pyrrole nitrogens is 1. The van der Waals surface area contributed by atoms with Crippen molar-refractivity contribution in [1.82, 2.24) is 9.97 Å². The van der Waals surface area contributed by atoms with Crippen molar-refractivity contribution < 1.29 is 4.74 Å². The lowest BCUT2D eigenvalue weighted by Gasteiger charge is -2.04. The van der Waals surface area contributed by atoms with Crippen molar-refractivity contribution in [2.45, 2.75) is 0 Å². The summed E-state index contributed by atoms with van der Waals surface area (Å²) in [4.78, 5) is 7.48. The van der Waals surface area contributed by atoms with Crippen molar-refractivity contribution in [2.24, 2.45) is 0 Å². The molecule has 1 heterocycles. The monoisotopic (exact) mass is 366 g/mol. The van der Waals surface area contributed by atoms with E-state index in [-0.39, 0.29) is 0 Å². The fourth-order valence-electron chi connectivity index (χ4n) is 1.64. The van der Waals surface area contributed by atoms with Gasteiger partial charge >= 0.3 is 0 Å². The second kappa shape index (κ2) is 4.74. The number of para-hydroxylation sites is 2. The number of aromatic amines is 1. The maximum atomic E-state index is 5.71. The number of halogens is 2. The molecule has 5 heteroatoms. The molecule has 3 nitrogen and oxygen atoms in total. The topological polar surface area (TPSA) is 37.9 Å². The molecule has 0 amide bonds. The molecule has 18 heavy (non-hydrogen) atoms. The highest BCUT2D eigenvalue weighted by molar-refractivity contribution is 9.11. The van der Waals surface area contributed by atoms with Crippen LogP contribution in [-0.4, -0.2) is 9.97 Å². The zero-order chi connectivity index (χ0) is 12.5. The summed E-state index contributed by atoms with van der Waals surface area (Å²) in [7, 11) is 0. The van der Waals surface area contributed by atoms with Gasteiger partial charge in [0.25, 0.3) is 6.01 Å². The van der Waals surface area contributed by atoms with Crippen molar-refractivity contribution in [3.05, 3.63) is 51.4 Å². The van der Waals surface area contributed by atoms with Crippen LogP contribution in [0.25, 0.3) is 11.0 Å². The third-order valence-electron chi connectivity index (χ3n) is 2.47. The van der Waals surface area contributed by atoms with Gasteiger partial charge in [-0.15, -0.1) is 0 Å². The third-order valence-corrected chi connectivity index (χ3v) is 3.58. The number of benzene rings is 2. The predicted molar refractivity (Wildman–Crippen MR) is 78.0 cm³/mol. The van der Waals surface area contributed by atoms with E-state index in [1.165, 1.54) is 0 Å². The normalized spacial score (nSPS) is 10.8. The molecule has 0 aliphatic carbocycles. The fraction of sp³-hybridized carbons (Fsp3) is 0. The summed E-state index contributed by atoms with van der Waals surface area (Å²) < 4.78 is 7.58. The Bertz CT molecular complexity index is 676. The number of fused-ring (bicyclic) bond motifs is 1. The van der Waals surface area contributed by atoms with E-state index >= 15 is 0 Å². The van der Waals surface area contributed by atoms with Crippen LogP contribution in [0.4, 0.5) is 0 Å². The van der Waals surface area contributed by atoms with Crippen LogP contribution in [0.5, 0.6) is 11.8 Å². The lowest BCUT2D eigenvalue weighted by molar-refractivity contribution is 0.446. The van der Waals surface area contributed by atoms with Gasteiger partial charge in [0.2, 0.25) is 0 Å². The molecule has 2 aromatic carbocycles. The highest BCUT2D eigenvalue weighted by Gasteiger charge is 2.07. The Morgan fingerprint density at radius 2 is 1.89 bits per heavy atom. The number of imidazole rings is 1. The number of nitrogens with zero attached hydrogens (tertiary/aromatic N) is 1. The van der Waals surface area contributed by atoms with E-state index in [2.05, 4.69) is 41.8 Å². The van der Waals surface area contributed by atoms with E-state index in [0.717, 1.165) is 25.7 Å². The van der Waals surface area contributed by atoms with Gasteiger partial charge in [-0.25, -0.2) is 0 Å². The summed E-state index contributed by atoms with van der Waals surface area (Å²) >= 11 is 6.85. The molecule has 0 saturated heterocycles. The number of aromatic nitrogens is 2. The van der Waals surface area contributed by atoms with Gasteiger partial charge in [-0.05, 0) is 46.3 Å². The molecule has 0 radical (unpaired) electrons. The minimum absolute atomic E-state index is 0.485. The largest absolute Gasteiger partial charge is 0.424 e. The molecule has 0 fully saturated rings. The van der Waals surface area contributed by atoms with Crippen molar-refractivity contribution in [2.75, 3.05) is 0 Å². The highest BCUT2D eigenvalue weighted by Crippen LogP contribution is 2.31. The fourth-order valence-corrected chi connectivity index (χ4v) is 2.77. The summed E-state index contributed by atoms with van der Waals surface area (Å²) in [6.07, 6.45) is 0. The van der Waals surface area contributed by atoms with Crippen molar-refractivity contribution in [3.63, 3.8) is 0 Å². The first-order valence-corrected chi connectivity index (χ1v) is 6.88. The maximum Gasteiger partial charge on any atom is 0.300 e. The van der Waals surface area contributed by atoms with Gasteiger partial charge in [0, 0.05) is 4.47 Å². The Hall–Kier alpha value is -1.33. The molecule has 0 unspecified atom stereocenters. The van der Waals surface area contributed by atoms with Crippen molar-refractivity contribution in [3.8, 4) is 11.8 Å². The van der Waals surface area contributed by atoms with Gasteiger partial charge in [-0.3, -0.25) is 0 Å². The molecule has 0 aliphatic heterocycles. The molecule has 0 atom stereocenters. The SMILES string of the molecule is Brc1ccc(Oc2nc3ccccc3[nH]2)c(Br)c1. The molecule has 0 bridgehead atoms. The van der Waals surface area contributed by atoms with Crippen LogP contribution < -0.4 is 4.74 Å². The second-order valence-corrected chi connectivity index (χ2v) is 5.51. The van der Waals surface area contributed by atoms with Crippen LogP contribution in [-0.2, 0) is 0 Å². The van der Waals surface area contributed by atoms with E-state index in [1.807, 2.05) is 42.5 Å². The molecule has 90 valence electrons. The number of ether oxygens (including phenoxy) is 1. The van der Waals surface area contributed by atoms with Crippen LogP contribution in [0.15, 0.2) is 51.4 Å². The van der Waals surface area contributed by atoms with Gasteiger partial charge in [-0.1, -0.05) is 28.1 Å². The lowest BCUT2D eigenvalue weighted by Crippen LogP contribution is -1.87. The Morgan fingerprint density at radius 3 is 2.67 bits per heavy atom. The molecule has 0 saturated carbocycles. The minimum atomic E-state index is 0.485. The molecular formula is C13H8Br2N2O. The smallest absolute Gasteiger partial charge is 0.300 e. The van der Waals surface area contributed by atoms with Crippen molar-refractivity contribution >= 4 is 42.9 Å². The Morgan fingerprint density at radius 1 is 1.06 bits per heavy atom. The average Bonchev–Trinajstić information content (AvgIpc) is 2.75. The van der Waals surface area contributed by atoms with Gasteiger partial charge in [0.15, 0.2) is 0 Å². The first-order valence-electron chi connectivity index (χ1n) is 5.30. The molecule has 3 rings (SSSR count). The van der Waals surface area contributed by atoms with Gasteiger partial charge in [0.05, 0.1) is 15.5 Å². The summed E-state index contributed by atoms with van der Waals surface area (Å²) in [5.74, 6) is 0.720.